The molecule has 1 aromatic heterocycles. The van der Waals surface area contributed by atoms with E-state index in [0.717, 1.165) is 75.8 Å². The van der Waals surface area contributed by atoms with E-state index in [9.17, 15) is 5.11 Å². The van der Waals surface area contributed by atoms with E-state index in [2.05, 4.69) is 41.5 Å². The van der Waals surface area contributed by atoms with Gasteiger partial charge in [-0.15, -0.1) is 24.0 Å². The van der Waals surface area contributed by atoms with E-state index in [1.54, 1.807) is 0 Å². The standard InChI is InChI=1S/C18H34N6O.HI/c1-4-7-14(10-11-25)12-20-18(19-6-3)21-15-8-9-17-22-16(5-2)23-24(17)13-15;/h14-15,25H,4-13H2,1-3H3,(H2,19,20,21);1H. The first kappa shape index (κ1) is 23.1. The SMILES string of the molecule is CCCC(CCO)CN=C(NCC)NC1CCc2nc(CC)nn2C1.I. The molecule has 7 nitrogen and oxygen atoms in total. The van der Waals surface area contributed by atoms with E-state index in [-0.39, 0.29) is 30.6 Å². The van der Waals surface area contributed by atoms with Crippen molar-refractivity contribution in [3.8, 4) is 0 Å². The summed E-state index contributed by atoms with van der Waals surface area (Å²) in [7, 11) is 0. The number of aliphatic imine (C=N–C) groups is 1. The number of aryl methyl sites for hydroxylation is 2. The second kappa shape index (κ2) is 12.5. The maximum atomic E-state index is 9.21. The molecule has 0 spiro atoms. The third kappa shape index (κ3) is 7.02. The lowest BCUT2D eigenvalue weighted by atomic mass is 10.0. The van der Waals surface area contributed by atoms with E-state index in [1.165, 1.54) is 0 Å². The number of aliphatic hydroxyl groups is 1. The summed E-state index contributed by atoms with van der Waals surface area (Å²) < 4.78 is 2.04. The van der Waals surface area contributed by atoms with Crippen LogP contribution in [0.3, 0.4) is 0 Å². The molecule has 1 aromatic rings. The summed E-state index contributed by atoms with van der Waals surface area (Å²) >= 11 is 0. The maximum absolute atomic E-state index is 9.21. The quantitative estimate of drug-likeness (QED) is 0.288. The van der Waals surface area contributed by atoms with Crippen molar-refractivity contribution in [2.75, 3.05) is 19.7 Å². The van der Waals surface area contributed by atoms with Gasteiger partial charge in [-0.1, -0.05) is 20.3 Å². The highest BCUT2D eigenvalue weighted by atomic mass is 127. The Morgan fingerprint density at radius 1 is 1.35 bits per heavy atom. The Labute approximate surface area is 174 Å². The Kier molecular flexibility index (Phi) is 11.1. The van der Waals surface area contributed by atoms with Gasteiger partial charge < -0.3 is 15.7 Å². The molecule has 0 fully saturated rings. The lowest BCUT2D eigenvalue weighted by molar-refractivity contribution is 0.253. The summed E-state index contributed by atoms with van der Waals surface area (Å²) in [5.74, 6) is 3.35. The molecule has 8 heteroatoms. The fraction of sp³-hybridized carbons (Fsp3) is 0.833. The highest BCUT2D eigenvalue weighted by Gasteiger charge is 2.22. The van der Waals surface area contributed by atoms with Crippen LogP contribution in [0.1, 0.15) is 58.1 Å². The van der Waals surface area contributed by atoms with Crippen molar-refractivity contribution in [2.45, 2.75) is 71.9 Å². The molecule has 0 radical (unpaired) electrons. The molecule has 2 heterocycles. The number of hydrogen-bond donors (Lipinski definition) is 3. The molecule has 0 aliphatic carbocycles. The van der Waals surface area contributed by atoms with Gasteiger partial charge >= 0.3 is 0 Å². The predicted octanol–water partition coefficient (Wildman–Crippen LogP) is 2.13. The molecule has 0 bridgehead atoms. The fourth-order valence-corrected chi connectivity index (χ4v) is 3.28. The number of halogens is 1. The zero-order valence-electron chi connectivity index (χ0n) is 16.4. The van der Waals surface area contributed by atoms with E-state index in [0.29, 0.717) is 12.0 Å². The van der Waals surface area contributed by atoms with Crippen LogP contribution in [-0.4, -0.2) is 51.6 Å². The Hall–Kier alpha value is -0.900. The number of rotatable bonds is 9. The first-order valence-electron chi connectivity index (χ1n) is 9.78. The van der Waals surface area contributed by atoms with Gasteiger partial charge in [0.05, 0.1) is 6.54 Å². The Balaban J connectivity index is 0.00000338. The fourth-order valence-electron chi connectivity index (χ4n) is 3.28. The van der Waals surface area contributed by atoms with Crippen LogP contribution in [0.15, 0.2) is 4.99 Å². The van der Waals surface area contributed by atoms with Crippen molar-refractivity contribution in [2.24, 2.45) is 10.9 Å². The normalized spacial score (nSPS) is 18.0. The lowest BCUT2D eigenvalue weighted by Crippen LogP contribution is -2.47. The first-order valence-corrected chi connectivity index (χ1v) is 9.78. The van der Waals surface area contributed by atoms with Crippen molar-refractivity contribution in [3.63, 3.8) is 0 Å². The van der Waals surface area contributed by atoms with Crippen LogP contribution in [0.5, 0.6) is 0 Å². The molecule has 1 aliphatic rings. The Morgan fingerprint density at radius 2 is 2.15 bits per heavy atom. The third-order valence-corrected chi connectivity index (χ3v) is 4.65. The van der Waals surface area contributed by atoms with Crippen LogP contribution in [0.4, 0.5) is 0 Å². The van der Waals surface area contributed by atoms with Crippen molar-refractivity contribution in [1.29, 1.82) is 0 Å². The summed E-state index contributed by atoms with van der Waals surface area (Å²) in [6.07, 6.45) is 5.93. The number of fused-ring (bicyclic) bond motifs is 1. The van der Waals surface area contributed by atoms with Crippen molar-refractivity contribution < 1.29 is 5.11 Å². The van der Waals surface area contributed by atoms with Gasteiger partial charge in [0.2, 0.25) is 0 Å². The lowest BCUT2D eigenvalue weighted by Gasteiger charge is -2.25. The van der Waals surface area contributed by atoms with Gasteiger partial charge in [0, 0.05) is 38.6 Å². The zero-order chi connectivity index (χ0) is 18.1. The number of nitrogens with one attached hydrogen (secondary N) is 2. The second-order valence-corrected chi connectivity index (χ2v) is 6.75. The molecule has 0 saturated carbocycles. The molecule has 26 heavy (non-hydrogen) atoms. The molecular formula is C18H35IN6O. The molecular weight excluding hydrogens is 443 g/mol. The summed E-state index contributed by atoms with van der Waals surface area (Å²) in [5.41, 5.74) is 0. The Morgan fingerprint density at radius 3 is 2.81 bits per heavy atom. The van der Waals surface area contributed by atoms with Gasteiger partial charge in [0.1, 0.15) is 5.82 Å². The van der Waals surface area contributed by atoms with Crippen LogP contribution < -0.4 is 10.6 Å². The smallest absolute Gasteiger partial charge is 0.191 e. The molecule has 2 rings (SSSR count). The zero-order valence-corrected chi connectivity index (χ0v) is 18.7. The van der Waals surface area contributed by atoms with Gasteiger partial charge in [-0.2, -0.15) is 5.10 Å². The second-order valence-electron chi connectivity index (χ2n) is 6.75. The van der Waals surface area contributed by atoms with Crippen molar-refractivity contribution >= 4 is 29.9 Å². The maximum Gasteiger partial charge on any atom is 0.191 e. The van der Waals surface area contributed by atoms with Crippen LogP contribution in [0, 0.1) is 5.92 Å². The number of guanidine groups is 1. The summed E-state index contributed by atoms with van der Waals surface area (Å²) in [5, 5.41) is 20.7. The van der Waals surface area contributed by atoms with Crippen LogP contribution in [0.2, 0.25) is 0 Å². The predicted molar refractivity (Wildman–Crippen MR) is 116 cm³/mol. The van der Waals surface area contributed by atoms with E-state index < -0.39 is 0 Å². The van der Waals surface area contributed by atoms with E-state index in [1.807, 2.05) is 4.68 Å². The van der Waals surface area contributed by atoms with Gasteiger partial charge in [-0.25, -0.2) is 9.67 Å². The highest BCUT2D eigenvalue weighted by Crippen LogP contribution is 2.14. The molecule has 2 unspecified atom stereocenters. The summed E-state index contributed by atoms with van der Waals surface area (Å²) in [6.45, 7) is 9.02. The number of nitrogens with zero attached hydrogens (tertiary/aromatic N) is 4. The minimum Gasteiger partial charge on any atom is -0.396 e. The first-order chi connectivity index (χ1) is 12.2. The topological polar surface area (TPSA) is 87.4 Å². The molecule has 0 saturated heterocycles. The monoisotopic (exact) mass is 478 g/mol. The van der Waals surface area contributed by atoms with Crippen LogP contribution in [-0.2, 0) is 19.4 Å². The van der Waals surface area contributed by atoms with Gasteiger partial charge in [0.15, 0.2) is 11.8 Å². The molecule has 2 atom stereocenters. The minimum atomic E-state index is 0. The van der Waals surface area contributed by atoms with E-state index in [4.69, 9.17) is 4.99 Å². The van der Waals surface area contributed by atoms with Crippen molar-refractivity contribution in [1.82, 2.24) is 25.4 Å². The van der Waals surface area contributed by atoms with Crippen LogP contribution >= 0.6 is 24.0 Å². The van der Waals surface area contributed by atoms with Crippen LogP contribution in [0.25, 0.3) is 0 Å². The molecule has 0 amide bonds. The third-order valence-electron chi connectivity index (χ3n) is 4.65. The number of aliphatic hydroxyl groups excluding tert-OH is 1. The number of aromatic nitrogens is 3. The largest absolute Gasteiger partial charge is 0.396 e. The van der Waals surface area contributed by atoms with Crippen molar-refractivity contribution in [3.05, 3.63) is 11.6 Å². The minimum absolute atomic E-state index is 0. The molecule has 1 aliphatic heterocycles. The summed E-state index contributed by atoms with van der Waals surface area (Å²) in [4.78, 5) is 9.33. The molecule has 3 N–H and O–H groups in total. The van der Waals surface area contributed by atoms with E-state index >= 15 is 0 Å². The summed E-state index contributed by atoms with van der Waals surface area (Å²) in [6, 6.07) is 0.319. The average molecular weight is 478 g/mol. The van der Waals surface area contributed by atoms with Gasteiger partial charge in [0.25, 0.3) is 0 Å². The Bertz CT molecular complexity index is 542. The number of hydrogen-bond acceptors (Lipinski definition) is 4. The molecule has 150 valence electrons. The molecule has 0 aromatic carbocycles. The highest BCUT2D eigenvalue weighted by molar-refractivity contribution is 14.0. The van der Waals surface area contributed by atoms with Gasteiger partial charge in [-0.05, 0) is 32.1 Å². The van der Waals surface area contributed by atoms with Gasteiger partial charge in [-0.3, -0.25) is 4.99 Å². The average Bonchev–Trinajstić information content (AvgIpc) is 3.02.